The molecule has 0 saturated heterocycles. The van der Waals surface area contributed by atoms with Crippen molar-refractivity contribution < 1.29 is 18.8 Å². The molecule has 0 saturated carbocycles. The topological polar surface area (TPSA) is 91.7 Å². The molecule has 7 nitrogen and oxygen atoms in total. The molecule has 1 atom stereocenters. The van der Waals surface area contributed by atoms with Gasteiger partial charge in [0, 0.05) is 22.7 Å². The second-order valence-corrected chi connectivity index (χ2v) is 9.88. The number of carbonyl (C=O) groups excluding carboxylic acids is 3. The first-order valence-electron chi connectivity index (χ1n) is 12.1. The van der Waals surface area contributed by atoms with E-state index < -0.39 is 17.9 Å². The number of nitrogens with zero attached hydrogens (tertiary/aromatic N) is 1. The van der Waals surface area contributed by atoms with Crippen molar-refractivity contribution in [2.45, 2.75) is 33.0 Å². The van der Waals surface area contributed by atoms with Crippen LogP contribution in [0.1, 0.15) is 33.4 Å². The van der Waals surface area contributed by atoms with Gasteiger partial charge in [0.1, 0.15) is 11.8 Å². The van der Waals surface area contributed by atoms with Crippen LogP contribution in [-0.2, 0) is 27.5 Å². The predicted molar refractivity (Wildman–Crippen MR) is 148 cm³/mol. The Morgan fingerprint density at radius 1 is 0.947 bits per heavy atom. The number of thiophene rings is 1. The molecule has 4 aromatic rings. The molecule has 1 unspecified atom stereocenters. The van der Waals surface area contributed by atoms with E-state index in [0.717, 1.165) is 16.0 Å². The summed E-state index contributed by atoms with van der Waals surface area (Å²) in [5.41, 5.74) is 3.34. The molecule has 2 N–H and O–H groups in total. The minimum absolute atomic E-state index is 0.184. The number of rotatable bonds is 10. The average molecular weight is 528 g/mol. The summed E-state index contributed by atoms with van der Waals surface area (Å²) in [7, 11) is 0. The maximum Gasteiger partial charge on any atom is 0.248 e. The Kier molecular flexibility index (Phi) is 8.89. The van der Waals surface area contributed by atoms with E-state index in [9.17, 15) is 14.4 Å². The Hall–Kier alpha value is -4.43. The van der Waals surface area contributed by atoms with Gasteiger partial charge in [0.2, 0.25) is 17.7 Å². The van der Waals surface area contributed by atoms with Crippen molar-refractivity contribution in [2.24, 2.45) is 0 Å². The van der Waals surface area contributed by atoms with Gasteiger partial charge in [0.05, 0.1) is 19.4 Å². The number of amides is 3. The molecule has 2 aromatic heterocycles. The summed E-state index contributed by atoms with van der Waals surface area (Å²) in [5, 5.41) is 7.57. The molecule has 0 aliphatic carbocycles. The largest absolute Gasteiger partial charge is 0.467 e. The molecule has 3 amide bonds. The zero-order chi connectivity index (χ0) is 26.9. The molecule has 0 fully saturated rings. The third-order valence-corrected chi connectivity index (χ3v) is 6.68. The molecule has 0 aliphatic heterocycles. The van der Waals surface area contributed by atoms with E-state index in [-0.39, 0.29) is 19.0 Å². The number of furan rings is 1. The standard InChI is InChI=1S/C30H29N3O4S/c1-21-10-12-23(13-11-21)29(30(36)31-19-25-8-4-16-37-25)33(20-26-9-5-17-38-26)28(35)15-14-27(34)32-24-7-3-6-22(2)18-24/h3-18,29H,19-20H2,1-2H3,(H,31,36)(H,32,34)/b15-14-. The van der Waals surface area contributed by atoms with Crippen molar-refractivity contribution in [1.82, 2.24) is 10.2 Å². The molecule has 2 aromatic carbocycles. The zero-order valence-electron chi connectivity index (χ0n) is 21.2. The van der Waals surface area contributed by atoms with Crippen LogP contribution in [0.2, 0.25) is 0 Å². The van der Waals surface area contributed by atoms with E-state index in [0.29, 0.717) is 17.0 Å². The van der Waals surface area contributed by atoms with Gasteiger partial charge in [-0.05, 0) is 60.7 Å². The van der Waals surface area contributed by atoms with Crippen LogP contribution in [0.25, 0.3) is 0 Å². The van der Waals surface area contributed by atoms with E-state index in [2.05, 4.69) is 10.6 Å². The molecule has 194 valence electrons. The van der Waals surface area contributed by atoms with E-state index in [4.69, 9.17) is 4.42 Å². The van der Waals surface area contributed by atoms with Crippen LogP contribution in [-0.4, -0.2) is 22.6 Å². The zero-order valence-corrected chi connectivity index (χ0v) is 22.0. The van der Waals surface area contributed by atoms with Gasteiger partial charge < -0.3 is 20.0 Å². The highest BCUT2D eigenvalue weighted by atomic mass is 32.1. The molecule has 8 heteroatoms. The highest BCUT2D eigenvalue weighted by Gasteiger charge is 2.31. The lowest BCUT2D eigenvalue weighted by atomic mass is 10.0. The second-order valence-electron chi connectivity index (χ2n) is 8.85. The van der Waals surface area contributed by atoms with Crippen LogP contribution in [0, 0.1) is 13.8 Å². The summed E-state index contributed by atoms with van der Waals surface area (Å²) in [4.78, 5) is 42.1. The summed E-state index contributed by atoms with van der Waals surface area (Å²) >= 11 is 1.49. The van der Waals surface area contributed by atoms with Crippen molar-refractivity contribution in [3.05, 3.63) is 124 Å². The lowest BCUT2D eigenvalue weighted by Crippen LogP contribution is -2.42. The number of aryl methyl sites for hydroxylation is 2. The first kappa shape index (κ1) is 26.6. The number of hydrogen-bond donors (Lipinski definition) is 2. The molecule has 0 spiro atoms. The van der Waals surface area contributed by atoms with Gasteiger partial charge in [-0.25, -0.2) is 0 Å². The van der Waals surface area contributed by atoms with Gasteiger partial charge in [-0.3, -0.25) is 14.4 Å². The second kappa shape index (κ2) is 12.7. The van der Waals surface area contributed by atoms with Crippen LogP contribution in [0.3, 0.4) is 0 Å². The fourth-order valence-corrected chi connectivity index (χ4v) is 4.62. The average Bonchev–Trinajstić information content (AvgIpc) is 3.61. The number of carbonyl (C=O) groups is 3. The van der Waals surface area contributed by atoms with Crippen molar-refractivity contribution in [2.75, 3.05) is 5.32 Å². The quantitative estimate of drug-likeness (QED) is 0.265. The van der Waals surface area contributed by atoms with Gasteiger partial charge in [-0.1, -0.05) is 48.0 Å². The summed E-state index contributed by atoms with van der Waals surface area (Å²) in [6, 6.07) is 21.3. The van der Waals surface area contributed by atoms with Crippen LogP contribution in [0.4, 0.5) is 5.69 Å². The number of hydrogen-bond acceptors (Lipinski definition) is 5. The van der Waals surface area contributed by atoms with E-state index in [1.165, 1.54) is 34.7 Å². The fraction of sp³-hybridized carbons (Fsp3) is 0.167. The summed E-state index contributed by atoms with van der Waals surface area (Å²) < 4.78 is 5.35. The molecular weight excluding hydrogens is 498 g/mol. The molecular formula is C30H29N3O4S. The monoisotopic (exact) mass is 527 g/mol. The summed E-state index contributed by atoms with van der Waals surface area (Å²) in [5.74, 6) is -0.650. The lowest BCUT2D eigenvalue weighted by molar-refractivity contribution is -0.138. The Bertz CT molecular complexity index is 1390. The van der Waals surface area contributed by atoms with Crippen molar-refractivity contribution in [1.29, 1.82) is 0 Å². The summed E-state index contributed by atoms with van der Waals surface area (Å²) in [6.45, 7) is 4.27. The van der Waals surface area contributed by atoms with Gasteiger partial charge >= 0.3 is 0 Å². The van der Waals surface area contributed by atoms with Crippen LogP contribution < -0.4 is 10.6 Å². The predicted octanol–water partition coefficient (Wildman–Crippen LogP) is 5.54. The SMILES string of the molecule is Cc1ccc(C(C(=O)NCc2ccco2)N(Cc2cccs2)C(=O)/C=C\C(=O)Nc2cccc(C)c2)cc1. The van der Waals surface area contributed by atoms with Crippen molar-refractivity contribution in [3.63, 3.8) is 0 Å². The Labute approximate surface area is 225 Å². The van der Waals surface area contributed by atoms with Crippen molar-refractivity contribution >= 4 is 34.7 Å². The molecule has 0 bridgehead atoms. The van der Waals surface area contributed by atoms with E-state index in [1.54, 1.807) is 18.2 Å². The first-order valence-corrected chi connectivity index (χ1v) is 13.0. The molecule has 2 heterocycles. The third-order valence-electron chi connectivity index (χ3n) is 5.82. The Morgan fingerprint density at radius 2 is 1.76 bits per heavy atom. The Morgan fingerprint density at radius 3 is 2.45 bits per heavy atom. The number of nitrogens with one attached hydrogen (secondary N) is 2. The van der Waals surface area contributed by atoms with Gasteiger partial charge in [-0.15, -0.1) is 11.3 Å². The van der Waals surface area contributed by atoms with E-state index >= 15 is 0 Å². The highest BCUT2D eigenvalue weighted by molar-refractivity contribution is 7.09. The smallest absolute Gasteiger partial charge is 0.248 e. The van der Waals surface area contributed by atoms with Gasteiger partial charge in [0.25, 0.3) is 0 Å². The van der Waals surface area contributed by atoms with Crippen LogP contribution in [0.15, 0.2) is 101 Å². The number of benzene rings is 2. The van der Waals surface area contributed by atoms with Crippen molar-refractivity contribution in [3.8, 4) is 0 Å². The maximum atomic E-state index is 13.6. The molecule has 4 rings (SSSR count). The molecule has 0 aliphatic rings. The summed E-state index contributed by atoms with van der Waals surface area (Å²) in [6.07, 6.45) is 3.94. The van der Waals surface area contributed by atoms with E-state index in [1.807, 2.05) is 73.8 Å². The molecule has 38 heavy (non-hydrogen) atoms. The maximum absolute atomic E-state index is 13.6. The van der Waals surface area contributed by atoms with Crippen LogP contribution in [0.5, 0.6) is 0 Å². The normalized spacial score (nSPS) is 11.7. The third kappa shape index (κ3) is 7.30. The highest BCUT2D eigenvalue weighted by Crippen LogP contribution is 2.26. The number of anilines is 1. The minimum atomic E-state index is -0.926. The van der Waals surface area contributed by atoms with Gasteiger partial charge in [0.15, 0.2) is 0 Å². The lowest BCUT2D eigenvalue weighted by Gasteiger charge is -2.30. The Balaban J connectivity index is 1.60. The van der Waals surface area contributed by atoms with Gasteiger partial charge in [-0.2, -0.15) is 0 Å². The molecule has 0 radical (unpaired) electrons. The first-order chi connectivity index (χ1) is 18.4. The fourth-order valence-electron chi connectivity index (χ4n) is 3.92. The minimum Gasteiger partial charge on any atom is -0.467 e. The van der Waals surface area contributed by atoms with Crippen LogP contribution >= 0.6 is 11.3 Å².